The SMILES string of the molecule is Cc1cccc(CNC(=O)[C@H]2CC(=O)N(c3ccc4c(c3)CCN4C(=O)C3CC3)C2)c1. The lowest BCUT2D eigenvalue weighted by atomic mass is 10.1. The van der Waals surface area contributed by atoms with Crippen LogP contribution in [-0.2, 0) is 27.3 Å². The lowest BCUT2D eigenvalue weighted by molar-refractivity contribution is -0.126. The Hall–Kier alpha value is -3.15. The van der Waals surface area contributed by atoms with Gasteiger partial charge in [-0.25, -0.2) is 0 Å². The molecular weight excluding hydrogens is 390 g/mol. The monoisotopic (exact) mass is 417 g/mol. The van der Waals surface area contributed by atoms with Crippen molar-refractivity contribution in [2.45, 2.75) is 39.2 Å². The van der Waals surface area contributed by atoms with Crippen molar-refractivity contribution in [1.82, 2.24) is 5.32 Å². The Balaban J connectivity index is 1.24. The Morgan fingerprint density at radius 1 is 1.10 bits per heavy atom. The Morgan fingerprint density at radius 3 is 2.71 bits per heavy atom. The summed E-state index contributed by atoms with van der Waals surface area (Å²) in [7, 11) is 0. The Labute approximate surface area is 182 Å². The molecule has 2 fully saturated rings. The summed E-state index contributed by atoms with van der Waals surface area (Å²) in [6.45, 7) is 3.60. The molecule has 1 atom stereocenters. The zero-order valence-corrected chi connectivity index (χ0v) is 17.8. The van der Waals surface area contributed by atoms with Crippen molar-refractivity contribution >= 4 is 29.1 Å². The first kappa shape index (κ1) is 19.8. The van der Waals surface area contributed by atoms with E-state index < -0.39 is 0 Å². The van der Waals surface area contributed by atoms with Crippen LogP contribution in [0.2, 0.25) is 0 Å². The Kier molecular flexibility index (Phi) is 5.00. The van der Waals surface area contributed by atoms with Gasteiger partial charge in [-0.2, -0.15) is 0 Å². The molecule has 2 aliphatic heterocycles. The minimum atomic E-state index is -0.349. The molecule has 2 aromatic carbocycles. The maximum absolute atomic E-state index is 12.7. The third-order valence-electron chi connectivity index (χ3n) is 6.51. The van der Waals surface area contributed by atoms with Gasteiger partial charge in [0.05, 0.1) is 5.92 Å². The summed E-state index contributed by atoms with van der Waals surface area (Å²) in [5.41, 5.74) is 5.10. The minimum Gasteiger partial charge on any atom is -0.352 e. The maximum Gasteiger partial charge on any atom is 0.230 e. The van der Waals surface area contributed by atoms with Crippen LogP contribution in [0.5, 0.6) is 0 Å². The molecule has 0 bridgehead atoms. The zero-order valence-electron chi connectivity index (χ0n) is 17.8. The third kappa shape index (κ3) is 3.94. The first-order valence-electron chi connectivity index (χ1n) is 11.1. The molecule has 0 aromatic heterocycles. The summed E-state index contributed by atoms with van der Waals surface area (Å²) in [5, 5.41) is 2.98. The van der Waals surface area contributed by atoms with Crippen molar-refractivity contribution in [2.75, 3.05) is 22.9 Å². The smallest absolute Gasteiger partial charge is 0.230 e. The fourth-order valence-corrected chi connectivity index (χ4v) is 4.62. The highest BCUT2D eigenvalue weighted by atomic mass is 16.2. The van der Waals surface area contributed by atoms with Gasteiger partial charge in [0.25, 0.3) is 0 Å². The molecule has 160 valence electrons. The van der Waals surface area contributed by atoms with Crippen LogP contribution in [0.3, 0.4) is 0 Å². The number of hydrogen-bond donors (Lipinski definition) is 1. The molecule has 2 aromatic rings. The van der Waals surface area contributed by atoms with E-state index in [4.69, 9.17) is 0 Å². The number of carbonyl (C=O) groups is 3. The van der Waals surface area contributed by atoms with Crippen molar-refractivity contribution in [1.29, 1.82) is 0 Å². The van der Waals surface area contributed by atoms with Crippen molar-refractivity contribution in [2.24, 2.45) is 11.8 Å². The van der Waals surface area contributed by atoms with E-state index in [1.165, 1.54) is 0 Å². The maximum atomic E-state index is 12.7. The molecule has 6 heteroatoms. The van der Waals surface area contributed by atoms with E-state index in [9.17, 15) is 14.4 Å². The van der Waals surface area contributed by atoms with Crippen molar-refractivity contribution in [3.05, 3.63) is 59.2 Å². The number of nitrogens with zero attached hydrogens (tertiary/aromatic N) is 2. The average Bonchev–Trinajstić information content (AvgIpc) is 3.42. The summed E-state index contributed by atoms with van der Waals surface area (Å²) < 4.78 is 0. The van der Waals surface area contributed by atoms with Crippen LogP contribution in [0.25, 0.3) is 0 Å². The first-order valence-corrected chi connectivity index (χ1v) is 11.1. The molecular formula is C25H27N3O3. The average molecular weight is 418 g/mol. The lowest BCUT2D eigenvalue weighted by Crippen LogP contribution is -2.32. The standard InChI is InChI=1S/C25H27N3O3/c1-16-3-2-4-17(11-16)14-26-24(30)20-13-23(29)28(15-20)21-7-8-22-19(12-21)9-10-27(22)25(31)18-5-6-18/h2-4,7-8,11-12,18,20H,5-6,9-10,13-15H2,1H3,(H,26,30)/t20-/m0/s1. The zero-order chi connectivity index (χ0) is 21.5. The van der Waals surface area contributed by atoms with Crippen LogP contribution in [0.4, 0.5) is 11.4 Å². The number of nitrogens with one attached hydrogen (secondary N) is 1. The first-order chi connectivity index (χ1) is 15.0. The van der Waals surface area contributed by atoms with Gasteiger partial charge in [0.2, 0.25) is 17.7 Å². The second kappa shape index (κ2) is 7.84. The van der Waals surface area contributed by atoms with Crippen LogP contribution in [0.15, 0.2) is 42.5 Å². The fourth-order valence-electron chi connectivity index (χ4n) is 4.62. The van der Waals surface area contributed by atoms with Crippen LogP contribution in [-0.4, -0.2) is 30.8 Å². The number of rotatable bonds is 5. The number of amides is 3. The van der Waals surface area contributed by atoms with Crippen molar-refractivity contribution in [3.8, 4) is 0 Å². The molecule has 5 rings (SSSR count). The van der Waals surface area contributed by atoms with Crippen LogP contribution in [0, 0.1) is 18.8 Å². The highest BCUT2D eigenvalue weighted by molar-refractivity contribution is 6.02. The molecule has 3 amide bonds. The Morgan fingerprint density at radius 2 is 1.94 bits per heavy atom. The van der Waals surface area contributed by atoms with E-state index in [2.05, 4.69) is 5.32 Å². The molecule has 6 nitrogen and oxygen atoms in total. The lowest BCUT2D eigenvalue weighted by Gasteiger charge is -2.20. The van der Waals surface area contributed by atoms with Crippen LogP contribution >= 0.6 is 0 Å². The summed E-state index contributed by atoms with van der Waals surface area (Å²) in [6.07, 6.45) is 3.03. The van der Waals surface area contributed by atoms with E-state index in [0.717, 1.165) is 47.3 Å². The van der Waals surface area contributed by atoms with Gasteiger partial charge in [0.1, 0.15) is 0 Å². The summed E-state index contributed by atoms with van der Waals surface area (Å²) in [5.74, 6) is -0.0308. The molecule has 1 saturated heterocycles. The topological polar surface area (TPSA) is 69.7 Å². The molecule has 0 spiro atoms. The minimum absolute atomic E-state index is 0.0282. The van der Waals surface area contributed by atoms with Gasteiger partial charge < -0.3 is 15.1 Å². The molecule has 1 aliphatic carbocycles. The molecule has 31 heavy (non-hydrogen) atoms. The van der Waals surface area contributed by atoms with Gasteiger partial charge in [0, 0.05) is 43.3 Å². The quantitative estimate of drug-likeness (QED) is 0.813. The van der Waals surface area contributed by atoms with E-state index in [1.54, 1.807) is 4.90 Å². The predicted molar refractivity (Wildman–Crippen MR) is 119 cm³/mol. The number of hydrogen-bond acceptors (Lipinski definition) is 3. The summed E-state index contributed by atoms with van der Waals surface area (Å²) in [4.78, 5) is 41.4. The van der Waals surface area contributed by atoms with E-state index in [1.807, 2.05) is 54.3 Å². The van der Waals surface area contributed by atoms with Crippen LogP contribution < -0.4 is 15.1 Å². The third-order valence-corrected chi connectivity index (χ3v) is 6.51. The number of fused-ring (bicyclic) bond motifs is 1. The molecule has 0 unspecified atom stereocenters. The largest absolute Gasteiger partial charge is 0.352 e. The normalized spacial score (nSPS) is 20.2. The van der Waals surface area contributed by atoms with E-state index >= 15 is 0 Å². The highest BCUT2D eigenvalue weighted by Crippen LogP contribution is 2.38. The number of aryl methyl sites for hydroxylation is 1. The summed E-state index contributed by atoms with van der Waals surface area (Å²) in [6, 6.07) is 13.9. The predicted octanol–water partition coefficient (Wildman–Crippen LogP) is 2.96. The van der Waals surface area contributed by atoms with Crippen molar-refractivity contribution < 1.29 is 14.4 Å². The van der Waals surface area contributed by atoms with E-state index in [0.29, 0.717) is 19.6 Å². The Bertz CT molecular complexity index is 1060. The highest BCUT2D eigenvalue weighted by Gasteiger charge is 2.38. The molecule has 0 radical (unpaired) electrons. The molecule has 1 N–H and O–H groups in total. The number of anilines is 2. The second-order valence-electron chi connectivity index (χ2n) is 8.94. The fraction of sp³-hybridized carbons (Fsp3) is 0.400. The van der Waals surface area contributed by atoms with Gasteiger partial charge in [-0.3, -0.25) is 14.4 Å². The number of carbonyl (C=O) groups excluding carboxylic acids is 3. The second-order valence-corrected chi connectivity index (χ2v) is 8.94. The van der Waals surface area contributed by atoms with Gasteiger partial charge in [-0.1, -0.05) is 29.8 Å². The van der Waals surface area contributed by atoms with Crippen LogP contribution in [0.1, 0.15) is 36.0 Å². The van der Waals surface area contributed by atoms with E-state index in [-0.39, 0.29) is 36.0 Å². The molecule has 1 saturated carbocycles. The van der Waals surface area contributed by atoms with Gasteiger partial charge >= 0.3 is 0 Å². The molecule has 3 aliphatic rings. The van der Waals surface area contributed by atoms with Gasteiger partial charge in [0.15, 0.2) is 0 Å². The molecule has 2 heterocycles. The van der Waals surface area contributed by atoms with Gasteiger partial charge in [-0.15, -0.1) is 0 Å². The van der Waals surface area contributed by atoms with Gasteiger partial charge in [-0.05, 0) is 55.5 Å². The number of benzene rings is 2. The summed E-state index contributed by atoms with van der Waals surface area (Å²) >= 11 is 0. The van der Waals surface area contributed by atoms with Crippen molar-refractivity contribution in [3.63, 3.8) is 0 Å².